The minimum absolute atomic E-state index is 0.227. The normalized spacial score (nSPS) is 22.9. The highest BCUT2D eigenvalue weighted by Gasteiger charge is 2.23. The van der Waals surface area contributed by atoms with Gasteiger partial charge in [-0.25, -0.2) is 0 Å². The van der Waals surface area contributed by atoms with Crippen LogP contribution in [0.2, 0.25) is 0 Å². The molecule has 2 unspecified atom stereocenters. The van der Waals surface area contributed by atoms with E-state index >= 15 is 0 Å². The lowest BCUT2D eigenvalue weighted by atomic mass is 9.92. The lowest BCUT2D eigenvalue weighted by Gasteiger charge is -2.34. The molecule has 0 aromatic carbocycles. The highest BCUT2D eigenvalue weighted by atomic mass is 32.1. The molecule has 0 spiro atoms. The van der Waals surface area contributed by atoms with Crippen molar-refractivity contribution in [2.45, 2.75) is 32.4 Å². The number of hydrogen-bond acceptors (Lipinski definition) is 5. The average molecular weight is 269 g/mol. The lowest BCUT2D eigenvalue weighted by Crippen LogP contribution is -2.41. The van der Waals surface area contributed by atoms with E-state index in [1.807, 2.05) is 6.07 Å². The van der Waals surface area contributed by atoms with Crippen LogP contribution in [0.25, 0.3) is 0 Å². The molecule has 1 aromatic heterocycles. The molecule has 6 heteroatoms. The van der Waals surface area contributed by atoms with Gasteiger partial charge in [0.15, 0.2) is 0 Å². The van der Waals surface area contributed by atoms with Crippen LogP contribution in [0.15, 0.2) is 12.1 Å². The standard InChI is InChI=1S/C12H19N3O2S/c1-9(13)10-3-2-6-14(7-10)8-11-4-5-12(18-11)15(16)17/h4-5,9-10H,2-3,6-8,13H2,1H3. The van der Waals surface area contributed by atoms with Crippen LogP contribution in [-0.4, -0.2) is 29.0 Å². The Hall–Kier alpha value is -0.980. The summed E-state index contributed by atoms with van der Waals surface area (Å²) in [4.78, 5) is 13.7. The molecule has 100 valence electrons. The Kier molecular flexibility index (Phi) is 4.31. The molecular weight excluding hydrogens is 250 g/mol. The maximum absolute atomic E-state index is 10.6. The summed E-state index contributed by atoms with van der Waals surface area (Å²) in [5.74, 6) is 0.550. The first-order valence-electron chi connectivity index (χ1n) is 6.27. The number of nitrogens with two attached hydrogens (primary N) is 1. The van der Waals surface area contributed by atoms with Gasteiger partial charge in [0.1, 0.15) is 0 Å². The molecule has 1 aromatic rings. The molecule has 18 heavy (non-hydrogen) atoms. The number of rotatable bonds is 4. The molecule has 1 fully saturated rings. The van der Waals surface area contributed by atoms with Gasteiger partial charge in [-0.1, -0.05) is 11.3 Å². The van der Waals surface area contributed by atoms with Crippen molar-refractivity contribution in [2.24, 2.45) is 11.7 Å². The van der Waals surface area contributed by atoms with E-state index in [4.69, 9.17) is 5.73 Å². The third-order valence-corrected chi connectivity index (χ3v) is 4.51. The molecular formula is C12H19N3O2S. The first kappa shape index (κ1) is 13.5. The van der Waals surface area contributed by atoms with E-state index in [-0.39, 0.29) is 16.0 Å². The predicted octanol–water partition coefficient (Wildman–Crippen LogP) is 2.22. The number of nitro groups is 1. The van der Waals surface area contributed by atoms with Crippen LogP contribution in [0.4, 0.5) is 5.00 Å². The summed E-state index contributed by atoms with van der Waals surface area (Å²) in [6, 6.07) is 3.68. The van der Waals surface area contributed by atoms with E-state index in [0.717, 1.165) is 24.5 Å². The Bertz CT molecular complexity index is 419. The zero-order valence-corrected chi connectivity index (χ0v) is 11.4. The summed E-state index contributed by atoms with van der Waals surface area (Å²) < 4.78 is 0. The van der Waals surface area contributed by atoms with Gasteiger partial charge >= 0.3 is 5.00 Å². The molecule has 2 heterocycles. The van der Waals surface area contributed by atoms with Crippen LogP contribution in [0.5, 0.6) is 0 Å². The molecule has 0 radical (unpaired) electrons. The third kappa shape index (κ3) is 3.28. The van der Waals surface area contributed by atoms with E-state index in [0.29, 0.717) is 5.92 Å². The number of nitrogens with zero attached hydrogens (tertiary/aromatic N) is 2. The summed E-state index contributed by atoms with van der Waals surface area (Å²) in [7, 11) is 0. The van der Waals surface area contributed by atoms with Crippen molar-refractivity contribution < 1.29 is 4.92 Å². The molecule has 1 aliphatic rings. The zero-order valence-electron chi connectivity index (χ0n) is 10.5. The second kappa shape index (κ2) is 5.77. The molecule has 5 nitrogen and oxygen atoms in total. The van der Waals surface area contributed by atoms with Gasteiger partial charge in [0, 0.05) is 30.1 Å². The number of likely N-dealkylation sites (tertiary alicyclic amines) is 1. The molecule has 0 bridgehead atoms. The zero-order chi connectivity index (χ0) is 13.1. The molecule has 1 saturated heterocycles. The summed E-state index contributed by atoms with van der Waals surface area (Å²) in [5.41, 5.74) is 5.95. The first-order chi connectivity index (χ1) is 8.56. The quantitative estimate of drug-likeness (QED) is 0.672. The van der Waals surface area contributed by atoms with Gasteiger partial charge in [0.05, 0.1) is 4.92 Å². The van der Waals surface area contributed by atoms with Crippen LogP contribution < -0.4 is 5.73 Å². The van der Waals surface area contributed by atoms with Gasteiger partial charge in [0.25, 0.3) is 0 Å². The Morgan fingerprint density at radius 3 is 3.06 bits per heavy atom. The van der Waals surface area contributed by atoms with Crippen molar-refractivity contribution in [1.29, 1.82) is 0 Å². The predicted molar refractivity (Wildman–Crippen MR) is 72.6 cm³/mol. The molecule has 0 aliphatic carbocycles. The summed E-state index contributed by atoms with van der Waals surface area (Å²) in [6.45, 7) is 4.93. The Morgan fingerprint density at radius 2 is 2.44 bits per heavy atom. The number of hydrogen-bond donors (Lipinski definition) is 1. The Balaban J connectivity index is 1.94. The highest BCUT2D eigenvalue weighted by molar-refractivity contribution is 7.15. The monoisotopic (exact) mass is 269 g/mol. The fourth-order valence-corrected chi connectivity index (χ4v) is 3.30. The summed E-state index contributed by atoms with van der Waals surface area (Å²) in [5, 5.41) is 10.9. The maximum atomic E-state index is 10.6. The lowest BCUT2D eigenvalue weighted by molar-refractivity contribution is -0.380. The number of piperidine rings is 1. The number of thiophene rings is 1. The van der Waals surface area contributed by atoms with E-state index in [1.165, 1.54) is 24.2 Å². The average Bonchev–Trinajstić information content (AvgIpc) is 2.78. The summed E-state index contributed by atoms with van der Waals surface area (Å²) in [6.07, 6.45) is 2.36. The van der Waals surface area contributed by atoms with Gasteiger partial charge in [-0.2, -0.15) is 0 Å². The molecule has 2 atom stereocenters. The van der Waals surface area contributed by atoms with Gasteiger partial charge in [-0.3, -0.25) is 15.0 Å². The fourth-order valence-electron chi connectivity index (χ4n) is 2.43. The van der Waals surface area contributed by atoms with Crippen LogP contribution in [-0.2, 0) is 6.54 Å². The van der Waals surface area contributed by atoms with Crippen molar-refractivity contribution in [3.8, 4) is 0 Å². The van der Waals surface area contributed by atoms with E-state index in [1.54, 1.807) is 6.07 Å². The third-order valence-electron chi connectivity index (χ3n) is 3.49. The first-order valence-corrected chi connectivity index (χ1v) is 7.09. The van der Waals surface area contributed by atoms with Crippen LogP contribution in [0.3, 0.4) is 0 Å². The largest absolute Gasteiger partial charge is 0.328 e. The van der Waals surface area contributed by atoms with E-state index in [9.17, 15) is 10.1 Å². The maximum Gasteiger partial charge on any atom is 0.324 e. The molecule has 0 amide bonds. The van der Waals surface area contributed by atoms with E-state index < -0.39 is 0 Å². The smallest absolute Gasteiger partial charge is 0.324 e. The SMILES string of the molecule is CC(N)C1CCCN(Cc2ccc([N+](=O)[O-])s2)C1. The van der Waals surface area contributed by atoms with Crippen molar-refractivity contribution in [1.82, 2.24) is 4.90 Å². The highest BCUT2D eigenvalue weighted by Crippen LogP contribution is 2.27. The van der Waals surface area contributed by atoms with Gasteiger partial charge in [0.2, 0.25) is 0 Å². The topological polar surface area (TPSA) is 72.4 Å². The second-order valence-electron chi connectivity index (χ2n) is 4.99. The minimum atomic E-state index is -0.324. The van der Waals surface area contributed by atoms with Crippen molar-refractivity contribution in [2.75, 3.05) is 13.1 Å². The summed E-state index contributed by atoms with van der Waals surface area (Å²) >= 11 is 1.27. The Labute approximate surface area is 111 Å². The fraction of sp³-hybridized carbons (Fsp3) is 0.667. The van der Waals surface area contributed by atoms with Gasteiger partial charge in [-0.05, 0) is 38.3 Å². The van der Waals surface area contributed by atoms with Crippen molar-refractivity contribution >= 4 is 16.3 Å². The minimum Gasteiger partial charge on any atom is -0.328 e. The molecule has 0 saturated carbocycles. The van der Waals surface area contributed by atoms with Gasteiger partial charge in [-0.15, -0.1) is 0 Å². The molecule has 2 rings (SSSR count). The van der Waals surface area contributed by atoms with E-state index in [2.05, 4.69) is 11.8 Å². The van der Waals surface area contributed by atoms with Crippen molar-refractivity contribution in [3.63, 3.8) is 0 Å². The van der Waals surface area contributed by atoms with Crippen LogP contribution >= 0.6 is 11.3 Å². The van der Waals surface area contributed by atoms with Crippen LogP contribution in [0, 0.1) is 16.0 Å². The van der Waals surface area contributed by atoms with Crippen LogP contribution in [0.1, 0.15) is 24.6 Å². The molecule has 1 aliphatic heterocycles. The van der Waals surface area contributed by atoms with Crippen molar-refractivity contribution in [3.05, 3.63) is 27.1 Å². The Morgan fingerprint density at radius 1 is 1.67 bits per heavy atom. The van der Waals surface area contributed by atoms with Gasteiger partial charge < -0.3 is 5.73 Å². The molecule has 2 N–H and O–H groups in total. The second-order valence-corrected chi connectivity index (χ2v) is 6.14.